The van der Waals surface area contributed by atoms with Crippen LogP contribution in [0, 0.1) is 0 Å². The minimum absolute atomic E-state index is 0.634. The second-order valence-electron chi connectivity index (χ2n) is 25.2. The lowest BCUT2D eigenvalue weighted by Gasteiger charge is -2.39. The Bertz CT molecular complexity index is 4920. The van der Waals surface area contributed by atoms with E-state index in [0.29, 0.717) is 5.82 Å². The van der Waals surface area contributed by atoms with Crippen LogP contribution in [0.25, 0.3) is 101 Å². The minimum Gasteiger partial charge on any atom is -0.228 e. The first-order valence-corrected chi connectivity index (χ1v) is 37.7. The summed E-state index contributed by atoms with van der Waals surface area (Å²) in [5.74, 6) is 0.634. The highest BCUT2D eigenvalue weighted by molar-refractivity contribution is 7.22. The summed E-state index contributed by atoms with van der Waals surface area (Å²) in [5, 5.41) is 9.97. The molecule has 0 radical (unpaired) electrons. The molecule has 1 aromatic heterocycles. The first kappa shape index (κ1) is 60.7. The first-order chi connectivity index (χ1) is 48.5. The zero-order chi connectivity index (χ0) is 65.5. The van der Waals surface area contributed by atoms with Crippen LogP contribution in [0.1, 0.15) is 0 Å². The van der Waals surface area contributed by atoms with E-state index in [9.17, 15) is 0 Å². The quantitative estimate of drug-likeness (QED) is 0.0671. The molecule has 0 bridgehead atoms. The number of hydrogen-bond donors (Lipinski definition) is 0. The summed E-state index contributed by atoms with van der Waals surface area (Å²) >= 11 is 0. The summed E-state index contributed by atoms with van der Waals surface area (Å²) in [6, 6.07) is 153. The van der Waals surface area contributed by atoms with Gasteiger partial charge < -0.3 is 0 Å². The molecule has 98 heavy (non-hydrogen) atoms. The predicted molar refractivity (Wildman–Crippen MR) is 418 cm³/mol. The topological polar surface area (TPSA) is 25.8 Å². The molecule has 0 fully saturated rings. The van der Waals surface area contributed by atoms with Gasteiger partial charge in [0.25, 0.3) is 0 Å². The van der Waals surface area contributed by atoms with Crippen LogP contribution in [0.4, 0.5) is 0 Å². The van der Waals surface area contributed by atoms with E-state index in [1.807, 2.05) is 0 Å². The Morgan fingerprint density at radius 1 is 0.133 bits per heavy atom. The average Bonchev–Trinajstić information content (AvgIpc) is 0.711. The summed E-state index contributed by atoms with van der Waals surface area (Å²) < 4.78 is 0. The van der Waals surface area contributed by atoms with Gasteiger partial charge in [-0.2, -0.15) is 0 Å². The molecule has 0 spiro atoms. The van der Waals surface area contributed by atoms with Gasteiger partial charge in [0, 0.05) is 16.7 Å². The number of aromatic nitrogens is 2. The zero-order valence-corrected chi connectivity index (χ0v) is 56.2. The van der Waals surface area contributed by atoms with Crippen LogP contribution in [0.15, 0.2) is 413 Å². The fraction of sp³-hybridized carbons (Fsp3) is 0. The molecule has 0 N–H and O–H groups in total. The van der Waals surface area contributed by atoms with E-state index in [2.05, 4.69) is 413 Å². The van der Waals surface area contributed by atoms with Gasteiger partial charge in [0.05, 0.1) is 11.4 Å². The highest BCUT2D eigenvalue weighted by atomic mass is 28.3. The van der Waals surface area contributed by atoms with Crippen LogP contribution in [-0.4, -0.2) is 26.1 Å². The Morgan fingerprint density at radius 2 is 0.337 bits per heavy atom. The lowest BCUT2D eigenvalue weighted by Crippen LogP contribution is -2.78. The Balaban J connectivity index is 1.08. The highest BCUT2D eigenvalue weighted by Crippen LogP contribution is 2.34. The molecule has 0 aliphatic carbocycles. The van der Waals surface area contributed by atoms with Crippen LogP contribution in [0.5, 0.6) is 0 Å². The van der Waals surface area contributed by atoms with Crippen molar-refractivity contribution in [2.75, 3.05) is 0 Å². The molecular weight excluding hydrogens is 1210 g/mol. The molecule has 2 nitrogen and oxygen atoms in total. The molecule has 15 aromatic carbocycles. The van der Waals surface area contributed by atoms with E-state index in [0.717, 1.165) is 94.8 Å². The third-order valence-corrected chi connectivity index (χ3v) is 28.8. The summed E-state index contributed by atoms with van der Waals surface area (Å²) in [6.45, 7) is 0. The van der Waals surface area contributed by atoms with Gasteiger partial charge in [0.2, 0.25) is 0 Å². The van der Waals surface area contributed by atoms with Crippen molar-refractivity contribution in [3.8, 4) is 101 Å². The van der Waals surface area contributed by atoms with Crippen LogP contribution in [0.2, 0.25) is 0 Å². The maximum absolute atomic E-state index is 5.93. The van der Waals surface area contributed by atoms with Crippen molar-refractivity contribution in [3.05, 3.63) is 413 Å². The van der Waals surface area contributed by atoms with E-state index in [1.54, 1.807) is 0 Å². The molecule has 0 amide bonds. The van der Waals surface area contributed by atoms with Crippen molar-refractivity contribution in [2.24, 2.45) is 0 Å². The van der Waals surface area contributed by atoms with Gasteiger partial charge in [-0.05, 0) is 126 Å². The molecule has 16 rings (SSSR count). The van der Waals surface area contributed by atoms with Crippen molar-refractivity contribution >= 4 is 57.6 Å². The Labute approximate surface area is 576 Å². The number of nitrogens with zero attached hydrogens (tertiary/aromatic N) is 2. The number of benzene rings is 15. The highest BCUT2D eigenvalue weighted by Gasteiger charge is 2.47. The Morgan fingerprint density at radius 3 is 0.612 bits per heavy atom. The van der Waals surface area contributed by atoms with E-state index in [4.69, 9.17) is 9.97 Å². The van der Waals surface area contributed by atoms with Gasteiger partial charge in [0.15, 0.2) is 22.0 Å². The lowest BCUT2D eigenvalue weighted by molar-refractivity contribution is 1.18. The van der Waals surface area contributed by atoms with Gasteiger partial charge in [-0.3, -0.25) is 0 Å². The van der Waals surface area contributed by atoms with E-state index < -0.39 is 16.1 Å². The van der Waals surface area contributed by atoms with E-state index in [-0.39, 0.29) is 0 Å². The lowest BCUT2D eigenvalue weighted by atomic mass is 9.99. The fourth-order valence-electron chi connectivity index (χ4n) is 14.7. The van der Waals surface area contributed by atoms with Crippen LogP contribution < -0.4 is 41.5 Å². The molecule has 462 valence electrons. The first-order valence-electron chi connectivity index (χ1n) is 33.7. The number of rotatable bonds is 17. The van der Waals surface area contributed by atoms with E-state index >= 15 is 0 Å². The molecule has 0 aliphatic rings. The molecule has 1 heterocycles. The molecule has 0 saturated heterocycles. The average molecular weight is 1280 g/mol. The van der Waals surface area contributed by atoms with Gasteiger partial charge in [-0.25, -0.2) is 9.97 Å². The normalized spacial score (nSPS) is 11.5. The largest absolute Gasteiger partial charge is 0.228 e. The Hall–Kier alpha value is -12.2. The molecule has 0 atom stereocenters. The molecule has 16 aromatic rings. The van der Waals surface area contributed by atoms with E-state index in [1.165, 1.54) is 41.5 Å². The van der Waals surface area contributed by atoms with Crippen molar-refractivity contribution in [2.45, 2.75) is 0 Å². The zero-order valence-electron chi connectivity index (χ0n) is 54.2. The SMILES string of the molecule is c1ccc(-c2cccc(-c3cc(-c4cccc(-c5ccccc5)c4)nc(-c4cc([Si](c5ccccc5)(c5cccc(-c6ccccc6)c5)c5cccc(-c6ccccc6)c5)cc([Si](c5ccccc5)(c5cccc(-c6ccccc6)c5)c5cccc(-c6ccccc6)c5)c4)n3)c2)cc1. The second-order valence-corrected chi connectivity index (χ2v) is 32.8. The maximum atomic E-state index is 5.93. The van der Waals surface area contributed by atoms with Gasteiger partial charge in [0.1, 0.15) is 0 Å². The summed E-state index contributed by atoms with van der Waals surface area (Å²) in [4.78, 5) is 11.9. The fourth-order valence-corrected chi connectivity index (χ4v) is 24.6. The van der Waals surface area contributed by atoms with Crippen LogP contribution >= 0.6 is 0 Å². The monoisotopic (exact) mass is 1280 g/mol. The van der Waals surface area contributed by atoms with Crippen molar-refractivity contribution in [3.63, 3.8) is 0 Å². The third-order valence-electron chi connectivity index (χ3n) is 19.3. The van der Waals surface area contributed by atoms with Gasteiger partial charge in [-0.1, -0.05) is 394 Å². The molecular formula is C94H68N2Si2. The smallest absolute Gasteiger partial charge is 0.179 e. The predicted octanol–water partition coefficient (Wildman–Crippen LogP) is 18.2. The summed E-state index contributed by atoms with van der Waals surface area (Å²) in [5.41, 5.74) is 18.4. The van der Waals surface area contributed by atoms with Crippen molar-refractivity contribution in [1.82, 2.24) is 9.97 Å². The summed E-state index contributed by atoms with van der Waals surface area (Å²) in [7, 11) is -7.22. The summed E-state index contributed by atoms with van der Waals surface area (Å²) in [6.07, 6.45) is 0. The van der Waals surface area contributed by atoms with Crippen molar-refractivity contribution < 1.29 is 0 Å². The van der Waals surface area contributed by atoms with Gasteiger partial charge >= 0.3 is 0 Å². The molecule has 0 saturated carbocycles. The molecule has 0 aliphatic heterocycles. The number of hydrogen-bond acceptors (Lipinski definition) is 2. The van der Waals surface area contributed by atoms with Gasteiger partial charge in [-0.15, -0.1) is 0 Å². The maximum Gasteiger partial charge on any atom is 0.179 e. The standard InChI is InChI=1S/C94H68N2Si2/c1-9-31-69(32-10-1)75-43-25-49-81(59-75)92-68-93(82-50-26-44-76(60-82)70-33-11-2-12-34-70)96-94(95-92)83-65-90(97(84-51-21-7-22-52-84,86-55-27-45-77(61-86)71-35-13-3-14-36-71)87-56-28-46-78(62-87)72-37-15-4-16-38-72)67-91(66-83)98(85-53-23-8-24-54-85,88-57-29-47-79(63-88)73-39-17-5-18-40-73)89-58-30-48-80(64-89)74-41-19-6-20-42-74/h1-68H. The van der Waals surface area contributed by atoms with Crippen LogP contribution in [-0.2, 0) is 0 Å². The van der Waals surface area contributed by atoms with Crippen LogP contribution in [0.3, 0.4) is 0 Å². The molecule has 0 unspecified atom stereocenters. The minimum atomic E-state index is -3.61. The Kier molecular flexibility index (Phi) is 16.9. The van der Waals surface area contributed by atoms with Crippen molar-refractivity contribution in [1.29, 1.82) is 0 Å². The molecule has 4 heteroatoms. The second kappa shape index (κ2) is 27.3. The third kappa shape index (κ3) is 11.9.